The SMILES string of the molecule is N#C/C(=C(\O)COC(=O)c1ccccc1NC=CC(=O)C(F)(F)F)c1nc2ccccc2[nH]1. The fourth-order valence-electron chi connectivity index (χ4n) is 2.70. The van der Waals surface area contributed by atoms with E-state index in [9.17, 15) is 33.1 Å². The maximum Gasteiger partial charge on any atom is 0.454 e. The molecule has 0 aliphatic rings. The van der Waals surface area contributed by atoms with Crippen molar-refractivity contribution in [1.82, 2.24) is 9.97 Å². The number of anilines is 1. The Bertz CT molecular complexity index is 1270. The summed E-state index contributed by atoms with van der Waals surface area (Å²) in [6.07, 6.45) is -3.99. The van der Waals surface area contributed by atoms with Crippen molar-refractivity contribution in [3.05, 3.63) is 78.0 Å². The number of aliphatic hydroxyl groups is 1. The maximum atomic E-state index is 12.4. The normalized spacial score (nSPS) is 12.3. The number of hydrogen-bond acceptors (Lipinski definition) is 7. The van der Waals surface area contributed by atoms with Gasteiger partial charge in [-0.2, -0.15) is 18.4 Å². The number of aromatic nitrogens is 2. The number of halogens is 3. The number of para-hydroxylation sites is 3. The number of aliphatic hydroxyl groups excluding tert-OH is 1. The number of benzene rings is 2. The second-order valence-corrected chi connectivity index (χ2v) is 6.50. The first-order chi connectivity index (χ1) is 15.7. The van der Waals surface area contributed by atoms with E-state index in [1.54, 1.807) is 30.3 Å². The molecule has 0 aliphatic heterocycles. The van der Waals surface area contributed by atoms with E-state index < -0.39 is 30.3 Å². The summed E-state index contributed by atoms with van der Waals surface area (Å²) in [7, 11) is 0. The quantitative estimate of drug-likeness (QED) is 0.210. The third-order valence-electron chi connectivity index (χ3n) is 4.27. The van der Waals surface area contributed by atoms with Crippen LogP contribution in [-0.2, 0) is 9.53 Å². The maximum absolute atomic E-state index is 12.4. The number of nitrogens with zero attached hydrogens (tertiary/aromatic N) is 2. The van der Waals surface area contributed by atoms with Crippen LogP contribution in [0.2, 0.25) is 0 Å². The lowest BCUT2D eigenvalue weighted by Crippen LogP contribution is -2.20. The highest BCUT2D eigenvalue weighted by atomic mass is 19.4. The minimum Gasteiger partial charge on any atom is -0.507 e. The van der Waals surface area contributed by atoms with Gasteiger partial charge in [0.15, 0.2) is 11.6 Å². The van der Waals surface area contributed by atoms with E-state index in [-0.39, 0.29) is 28.7 Å². The molecule has 0 aliphatic carbocycles. The molecule has 33 heavy (non-hydrogen) atoms. The number of carbonyl (C=O) groups excluding carboxylic acids is 2. The lowest BCUT2D eigenvalue weighted by Gasteiger charge is -2.10. The number of hydrogen-bond donors (Lipinski definition) is 3. The van der Waals surface area contributed by atoms with Crippen LogP contribution in [0.1, 0.15) is 16.2 Å². The number of rotatable bonds is 7. The van der Waals surface area contributed by atoms with Gasteiger partial charge in [-0.15, -0.1) is 0 Å². The van der Waals surface area contributed by atoms with Crippen molar-refractivity contribution >= 4 is 34.0 Å². The van der Waals surface area contributed by atoms with Crippen molar-refractivity contribution < 1.29 is 32.6 Å². The minimum absolute atomic E-state index is 0.0648. The Morgan fingerprint density at radius 2 is 1.88 bits per heavy atom. The molecule has 3 N–H and O–H groups in total. The Balaban J connectivity index is 1.73. The first-order valence-corrected chi connectivity index (χ1v) is 9.28. The summed E-state index contributed by atoms with van der Waals surface area (Å²) in [5.41, 5.74) is 0.981. The molecule has 0 unspecified atom stereocenters. The van der Waals surface area contributed by atoms with E-state index >= 15 is 0 Å². The van der Waals surface area contributed by atoms with Crippen LogP contribution in [-0.4, -0.2) is 39.6 Å². The van der Waals surface area contributed by atoms with Crippen molar-refractivity contribution in [1.29, 1.82) is 5.26 Å². The summed E-state index contributed by atoms with van der Waals surface area (Å²) < 4.78 is 41.9. The molecule has 0 bridgehead atoms. The second-order valence-electron chi connectivity index (χ2n) is 6.50. The minimum atomic E-state index is -5.02. The summed E-state index contributed by atoms with van der Waals surface area (Å²) in [6.45, 7) is -0.657. The Labute approximate surface area is 184 Å². The van der Waals surface area contributed by atoms with Gasteiger partial charge in [-0.3, -0.25) is 4.79 Å². The molecule has 3 aromatic rings. The van der Waals surface area contributed by atoms with E-state index in [0.717, 1.165) is 6.20 Å². The van der Waals surface area contributed by atoms with Gasteiger partial charge in [0, 0.05) is 12.3 Å². The molecule has 8 nitrogen and oxygen atoms in total. The molecule has 0 amide bonds. The van der Waals surface area contributed by atoms with Crippen molar-refractivity contribution in [3.8, 4) is 6.07 Å². The number of imidazole rings is 1. The summed E-state index contributed by atoms with van der Waals surface area (Å²) in [5, 5.41) is 22.1. The van der Waals surface area contributed by atoms with Crippen molar-refractivity contribution in [3.63, 3.8) is 0 Å². The number of esters is 1. The molecular weight excluding hydrogens is 441 g/mol. The number of fused-ring (bicyclic) bond motifs is 1. The van der Waals surface area contributed by atoms with Gasteiger partial charge in [-0.1, -0.05) is 24.3 Å². The molecule has 0 spiro atoms. The summed E-state index contributed by atoms with van der Waals surface area (Å²) in [6, 6.07) is 14.5. The number of alkyl halides is 3. The van der Waals surface area contributed by atoms with Crippen LogP contribution in [0.5, 0.6) is 0 Å². The summed E-state index contributed by atoms with van der Waals surface area (Å²) >= 11 is 0. The number of allylic oxidation sites excluding steroid dienone is 2. The third-order valence-corrected chi connectivity index (χ3v) is 4.27. The first kappa shape index (κ1) is 23.1. The van der Waals surface area contributed by atoms with Gasteiger partial charge >= 0.3 is 12.1 Å². The molecule has 1 heterocycles. The predicted octanol–water partition coefficient (Wildman–Crippen LogP) is 4.27. The van der Waals surface area contributed by atoms with Crippen LogP contribution in [0.25, 0.3) is 16.6 Å². The monoisotopic (exact) mass is 456 g/mol. The number of ether oxygens (including phenoxy) is 1. The number of ketones is 1. The zero-order valence-electron chi connectivity index (χ0n) is 16.7. The number of nitriles is 1. The standard InChI is InChI=1S/C22H15F3N4O4/c23-22(24,25)19(31)9-10-27-15-6-2-1-5-13(15)21(32)33-12-18(30)14(11-26)20-28-16-7-3-4-8-17(16)29-20/h1-10,27,30H,12H2,(H,28,29)/b10-9?,18-14+. The number of carbonyl (C=O) groups is 2. The molecule has 0 fully saturated rings. The lowest BCUT2D eigenvalue weighted by atomic mass is 10.2. The molecule has 0 saturated heterocycles. The largest absolute Gasteiger partial charge is 0.507 e. The van der Waals surface area contributed by atoms with Crippen LogP contribution < -0.4 is 5.32 Å². The molecule has 11 heteroatoms. The van der Waals surface area contributed by atoms with Gasteiger partial charge < -0.3 is 20.1 Å². The third kappa shape index (κ3) is 5.56. The highest BCUT2D eigenvalue weighted by Crippen LogP contribution is 2.21. The molecular formula is C22H15F3N4O4. The molecule has 2 aromatic carbocycles. The lowest BCUT2D eigenvalue weighted by molar-refractivity contribution is -0.165. The van der Waals surface area contributed by atoms with Gasteiger partial charge in [-0.05, 0) is 24.3 Å². The Kier molecular flexibility index (Phi) is 6.78. The Morgan fingerprint density at radius 1 is 1.18 bits per heavy atom. The Hall–Kier alpha value is -4.59. The molecule has 0 radical (unpaired) electrons. The van der Waals surface area contributed by atoms with E-state index in [0.29, 0.717) is 11.0 Å². The van der Waals surface area contributed by atoms with Crippen molar-refractivity contribution in [2.24, 2.45) is 0 Å². The van der Waals surface area contributed by atoms with Crippen LogP contribution in [0, 0.1) is 11.3 Å². The van der Waals surface area contributed by atoms with E-state index in [2.05, 4.69) is 15.3 Å². The second kappa shape index (κ2) is 9.69. The van der Waals surface area contributed by atoms with Crippen LogP contribution in [0.4, 0.5) is 18.9 Å². The highest BCUT2D eigenvalue weighted by Gasteiger charge is 2.36. The van der Waals surface area contributed by atoms with Gasteiger partial charge in [0.2, 0.25) is 0 Å². The zero-order chi connectivity index (χ0) is 24.0. The van der Waals surface area contributed by atoms with Crippen LogP contribution in [0.3, 0.4) is 0 Å². The van der Waals surface area contributed by atoms with E-state index in [1.807, 2.05) is 0 Å². The van der Waals surface area contributed by atoms with Gasteiger partial charge in [-0.25, -0.2) is 9.78 Å². The zero-order valence-corrected chi connectivity index (χ0v) is 16.7. The van der Waals surface area contributed by atoms with Crippen molar-refractivity contribution in [2.45, 2.75) is 6.18 Å². The average Bonchev–Trinajstić information content (AvgIpc) is 3.21. The molecule has 168 valence electrons. The molecule has 0 atom stereocenters. The molecule has 1 aromatic heterocycles. The van der Waals surface area contributed by atoms with Crippen LogP contribution >= 0.6 is 0 Å². The number of aromatic amines is 1. The Morgan fingerprint density at radius 3 is 2.58 bits per heavy atom. The summed E-state index contributed by atoms with van der Waals surface area (Å²) in [5.74, 6) is -3.46. The number of H-pyrrole nitrogens is 1. The van der Waals surface area contributed by atoms with E-state index in [1.165, 1.54) is 24.3 Å². The molecule has 3 rings (SSSR count). The van der Waals surface area contributed by atoms with Gasteiger partial charge in [0.25, 0.3) is 5.78 Å². The van der Waals surface area contributed by atoms with Crippen molar-refractivity contribution in [2.75, 3.05) is 11.9 Å². The fourth-order valence-corrected chi connectivity index (χ4v) is 2.70. The highest BCUT2D eigenvalue weighted by molar-refractivity contribution is 5.97. The number of nitrogens with one attached hydrogen (secondary N) is 2. The molecule has 0 saturated carbocycles. The average molecular weight is 456 g/mol. The van der Waals surface area contributed by atoms with Gasteiger partial charge in [0.05, 0.1) is 22.3 Å². The smallest absolute Gasteiger partial charge is 0.454 e. The topological polar surface area (TPSA) is 128 Å². The first-order valence-electron chi connectivity index (χ1n) is 9.28. The van der Waals surface area contributed by atoms with Gasteiger partial charge in [0.1, 0.15) is 18.2 Å². The fraction of sp³-hybridized carbons (Fsp3) is 0.0909. The van der Waals surface area contributed by atoms with E-state index in [4.69, 9.17) is 4.74 Å². The predicted molar refractivity (Wildman–Crippen MR) is 112 cm³/mol. The van der Waals surface area contributed by atoms with Crippen LogP contribution in [0.15, 0.2) is 66.6 Å². The summed E-state index contributed by atoms with van der Waals surface area (Å²) in [4.78, 5) is 30.4.